The molecule has 0 aliphatic heterocycles. The summed E-state index contributed by atoms with van der Waals surface area (Å²) in [5.41, 5.74) is 0. The topological polar surface area (TPSA) is 23.5 Å². The molecular formula is C10H19NO. The minimum absolute atomic E-state index is 0.355. The van der Waals surface area contributed by atoms with Gasteiger partial charge in [-0.05, 0) is 38.0 Å². The number of hydrogen-bond donors (Lipinski definition) is 1. The Balaban J connectivity index is 1.68. The van der Waals surface area contributed by atoms with Crippen LogP contribution in [0.25, 0.3) is 0 Å². The van der Waals surface area contributed by atoms with Crippen molar-refractivity contribution in [3.05, 3.63) is 0 Å². The van der Waals surface area contributed by atoms with E-state index in [2.05, 4.69) is 4.90 Å². The molecule has 0 bridgehead atoms. The molecule has 0 spiro atoms. The highest BCUT2D eigenvalue weighted by atomic mass is 16.3. The quantitative estimate of drug-likeness (QED) is 0.646. The van der Waals surface area contributed by atoms with E-state index in [1.165, 1.54) is 32.2 Å². The molecule has 0 saturated heterocycles. The van der Waals surface area contributed by atoms with Gasteiger partial charge in [-0.25, -0.2) is 0 Å². The average Bonchev–Trinajstić information content (AvgIpc) is 2.85. The monoisotopic (exact) mass is 169 g/mol. The number of aliphatic hydroxyl groups excluding tert-OH is 1. The van der Waals surface area contributed by atoms with Gasteiger partial charge >= 0.3 is 0 Å². The van der Waals surface area contributed by atoms with Gasteiger partial charge in [0.05, 0.1) is 0 Å². The Morgan fingerprint density at radius 3 is 2.42 bits per heavy atom. The van der Waals surface area contributed by atoms with Crippen molar-refractivity contribution in [2.75, 3.05) is 19.7 Å². The van der Waals surface area contributed by atoms with Gasteiger partial charge in [-0.15, -0.1) is 0 Å². The summed E-state index contributed by atoms with van der Waals surface area (Å²) in [5, 5.41) is 8.74. The molecule has 2 heteroatoms. The second kappa shape index (κ2) is 3.75. The van der Waals surface area contributed by atoms with Crippen molar-refractivity contribution in [2.24, 2.45) is 5.92 Å². The van der Waals surface area contributed by atoms with Crippen LogP contribution in [0.4, 0.5) is 0 Å². The molecular weight excluding hydrogens is 150 g/mol. The van der Waals surface area contributed by atoms with E-state index >= 15 is 0 Å². The van der Waals surface area contributed by atoms with Crippen LogP contribution in [0.5, 0.6) is 0 Å². The summed E-state index contributed by atoms with van der Waals surface area (Å²) in [5.74, 6) is 1.00. The molecule has 2 rings (SSSR count). The molecule has 2 nitrogen and oxygen atoms in total. The van der Waals surface area contributed by atoms with Crippen LogP contribution in [0.2, 0.25) is 0 Å². The summed E-state index contributed by atoms with van der Waals surface area (Å²) in [6.07, 6.45) is 6.66. The van der Waals surface area contributed by atoms with Gasteiger partial charge in [-0.1, -0.05) is 0 Å². The van der Waals surface area contributed by atoms with E-state index < -0.39 is 0 Å². The lowest BCUT2D eigenvalue weighted by Gasteiger charge is -2.20. The fourth-order valence-electron chi connectivity index (χ4n) is 1.77. The number of nitrogens with zero attached hydrogens (tertiary/aromatic N) is 1. The molecule has 0 aromatic carbocycles. The van der Waals surface area contributed by atoms with Crippen molar-refractivity contribution < 1.29 is 5.11 Å². The molecule has 12 heavy (non-hydrogen) atoms. The first kappa shape index (κ1) is 8.52. The third-order valence-electron chi connectivity index (χ3n) is 2.86. The summed E-state index contributed by atoms with van der Waals surface area (Å²) < 4.78 is 0. The summed E-state index contributed by atoms with van der Waals surface area (Å²) in [4.78, 5) is 2.59. The molecule has 1 N–H and O–H groups in total. The lowest BCUT2D eigenvalue weighted by molar-refractivity contribution is 0.211. The fourth-order valence-corrected chi connectivity index (χ4v) is 1.77. The minimum atomic E-state index is 0.355. The third kappa shape index (κ3) is 2.46. The zero-order valence-corrected chi connectivity index (χ0v) is 7.71. The SMILES string of the molecule is OCCCN(CC1CC1)C1CC1. The van der Waals surface area contributed by atoms with E-state index in [1.807, 2.05) is 0 Å². The first-order valence-corrected chi connectivity index (χ1v) is 5.25. The first-order valence-electron chi connectivity index (χ1n) is 5.25. The van der Waals surface area contributed by atoms with E-state index in [1.54, 1.807) is 0 Å². The minimum Gasteiger partial charge on any atom is -0.396 e. The molecule has 2 aliphatic rings. The van der Waals surface area contributed by atoms with Gasteiger partial charge in [0.2, 0.25) is 0 Å². The zero-order valence-electron chi connectivity index (χ0n) is 7.71. The van der Waals surface area contributed by atoms with Crippen LogP contribution >= 0.6 is 0 Å². The van der Waals surface area contributed by atoms with Crippen molar-refractivity contribution in [2.45, 2.75) is 38.1 Å². The average molecular weight is 169 g/mol. The molecule has 0 aromatic heterocycles. The summed E-state index contributed by atoms with van der Waals surface area (Å²) >= 11 is 0. The van der Waals surface area contributed by atoms with Crippen molar-refractivity contribution >= 4 is 0 Å². The first-order chi connectivity index (χ1) is 5.90. The van der Waals surface area contributed by atoms with Crippen LogP contribution in [0.3, 0.4) is 0 Å². The van der Waals surface area contributed by atoms with Crippen LogP contribution in [0.1, 0.15) is 32.1 Å². The van der Waals surface area contributed by atoms with E-state index in [4.69, 9.17) is 5.11 Å². The second-order valence-electron chi connectivity index (χ2n) is 4.25. The third-order valence-corrected chi connectivity index (χ3v) is 2.86. The highest BCUT2D eigenvalue weighted by Crippen LogP contribution is 2.34. The van der Waals surface area contributed by atoms with E-state index in [0.29, 0.717) is 6.61 Å². The van der Waals surface area contributed by atoms with Crippen LogP contribution in [0.15, 0.2) is 0 Å². The highest BCUT2D eigenvalue weighted by Gasteiger charge is 2.32. The van der Waals surface area contributed by atoms with Gasteiger partial charge in [0.15, 0.2) is 0 Å². The van der Waals surface area contributed by atoms with Crippen molar-refractivity contribution in [1.29, 1.82) is 0 Å². The molecule has 0 heterocycles. The highest BCUT2D eigenvalue weighted by molar-refractivity contribution is 4.88. The maximum Gasteiger partial charge on any atom is 0.0443 e. The smallest absolute Gasteiger partial charge is 0.0443 e. The largest absolute Gasteiger partial charge is 0.396 e. The molecule has 70 valence electrons. The van der Waals surface area contributed by atoms with Gasteiger partial charge in [-0.2, -0.15) is 0 Å². The van der Waals surface area contributed by atoms with Gasteiger partial charge < -0.3 is 10.0 Å². The lowest BCUT2D eigenvalue weighted by atomic mass is 10.3. The van der Waals surface area contributed by atoms with Crippen LogP contribution < -0.4 is 0 Å². The maximum atomic E-state index is 8.74. The number of aliphatic hydroxyl groups is 1. The Morgan fingerprint density at radius 2 is 1.92 bits per heavy atom. The van der Waals surface area contributed by atoms with Crippen molar-refractivity contribution in [1.82, 2.24) is 4.90 Å². The second-order valence-corrected chi connectivity index (χ2v) is 4.25. The Labute approximate surface area is 74.6 Å². The molecule has 2 saturated carbocycles. The Kier molecular flexibility index (Phi) is 2.66. The number of hydrogen-bond acceptors (Lipinski definition) is 2. The molecule has 0 amide bonds. The van der Waals surface area contributed by atoms with Crippen LogP contribution in [-0.2, 0) is 0 Å². The summed E-state index contributed by atoms with van der Waals surface area (Å²) in [6.45, 7) is 2.79. The summed E-state index contributed by atoms with van der Waals surface area (Å²) in [6, 6.07) is 0.886. The lowest BCUT2D eigenvalue weighted by Crippen LogP contribution is -2.29. The van der Waals surface area contributed by atoms with E-state index in [-0.39, 0.29) is 0 Å². The molecule has 0 aromatic rings. The number of rotatable bonds is 6. The predicted octanol–water partition coefficient (Wildman–Crippen LogP) is 1.24. The van der Waals surface area contributed by atoms with Crippen LogP contribution in [-0.4, -0.2) is 35.7 Å². The van der Waals surface area contributed by atoms with Gasteiger partial charge in [0, 0.05) is 25.7 Å². The Morgan fingerprint density at radius 1 is 1.17 bits per heavy atom. The van der Waals surface area contributed by atoms with Gasteiger partial charge in [0.1, 0.15) is 0 Å². The summed E-state index contributed by atoms with van der Waals surface area (Å²) in [7, 11) is 0. The molecule has 0 atom stereocenters. The van der Waals surface area contributed by atoms with Crippen molar-refractivity contribution in [3.8, 4) is 0 Å². The molecule has 2 aliphatic carbocycles. The molecule has 0 radical (unpaired) electrons. The molecule has 0 unspecified atom stereocenters. The Hall–Kier alpha value is -0.0800. The van der Waals surface area contributed by atoms with Gasteiger partial charge in [-0.3, -0.25) is 0 Å². The van der Waals surface area contributed by atoms with Crippen LogP contribution in [0, 0.1) is 5.92 Å². The van der Waals surface area contributed by atoms with E-state index in [9.17, 15) is 0 Å². The predicted molar refractivity (Wildman–Crippen MR) is 49.0 cm³/mol. The molecule has 2 fully saturated rings. The van der Waals surface area contributed by atoms with Crippen molar-refractivity contribution in [3.63, 3.8) is 0 Å². The fraction of sp³-hybridized carbons (Fsp3) is 1.00. The standard InChI is InChI=1S/C10H19NO/c12-7-1-6-11(10-4-5-10)8-9-2-3-9/h9-10,12H,1-8H2. The maximum absolute atomic E-state index is 8.74. The Bertz CT molecular complexity index is 141. The zero-order chi connectivity index (χ0) is 8.39. The van der Waals surface area contributed by atoms with E-state index in [0.717, 1.165) is 24.9 Å². The van der Waals surface area contributed by atoms with Gasteiger partial charge in [0.25, 0.3) is 0 Å². The normalized spacial score (nSPS) is 23.5.